The monoisotopic (exact) mass is 713 g/mol. The van der Waals surface area contributed by atoms with E-state index in [1.54, 1.807) is 36.6 Å². The summed E-state index contributed by atoms with van der Waals surface area (Å²) in [6, 6.07) is 14.0. The molecule has 8 N–H and O–H groups in total. The minimum atomic E-state index is -1.18. The average molecular weight is 714 g/mol. The van der Waals surface area contributed by atoms with Crippen LogP contribution in [0.2, 0.25) is 5.02 Å². The van der Waals surface area contributed by atoms with Crippen LogP contribution in [-0.4, -0.2) is 83.8 Å². The number of halogens is 1. The lowest BCUT2D eigenvalue weighted by Gasteiger charge is -2.18. The van der Waals surface area contributed by atoms with Crippen molar-refractivity contribution in [3.8, 4) is 23.0 Å². The molecule has 15 heteroatoms. The highest BCUT2D eigenvalue weighted by molar-refractivity contribution is 6.30. The Morgan fingerprint density at radius 1 is 0.980 bits per heavy atom. The van der Waals surface area contributed by atoms with Gasteiger partial charge in [-0.15, -0.1) is 0 Å². The van der Waals surface area contributed by atoms with Gasteiger partial charge in [0.15, 0.2) is 11.5 Å². The fourth-order valence-corrected chi connectivity index (χ4v) is 4.43. The fraction of sp³-hybridized carbons (Fsp3) is 0.286. The van der Waals surface area contributed by atoms with Gasteiger partial charge < -0.3 is 50.4 Å². The van der Waals surface area contributed by atoms with Crippen molar-refractivity contribution in [2.45, 2.75) is 32.2 Å². The minimum Gasteiger partial charge on any atom is -0.488 e. The molecule has 3 aromatic rings. The third-order valence-corrected chi connectivity index (χ3v) is 7.15. The van der Waals surface area contributed by atoms with Crippen molar-refractivity contribution in [2.24, 2.45) is 5.73 Å². The van der Waals surface area contributed by atoms with E-state index in [2.05, 4.69) is 10.6 Å². The number of carbonyl (C=O) groups excluding carboxylic acids is 1. The van der Waals surface area contributed by atoms with Gasteiger partial charge in [-0.3, -0.25) is 19.7 Å². The Balaban J connectivity index is 0.000000872. The maximum absolute atomic E-state index is 11.7. The molecule has 0 amide bonds. The quantitative estimate of drug-likeness (QED) is 0.0608. The normalized spacial score (nSPS) is 13.4. The number of aryl methyl sites for hydroxylation is 1. The summed E-state index contributed by atoms with van der Waals surface area (Å²) < 4.78 is 23.2. The van der Waals surface area contributed by atoms with Crippen LogP contribution in [0.4, 0.5) is 5.69 Å². The number of aliphatic carboxylic acids is 2. The number of nitrogens with one attached hydrogen (secondary N) is 2. The molecule has 0 saturated heterocycles. The van der Waals surface area contributed by atoms with Crippen molar-refractivity contribution in [2.75, 3.05) is 38.4 Å². The molecule has 0 spiro atoms. The number of nitrogens with two attached hydrogens (primary N) is 1. The summed E-state index contributed by atoms with van der Waals surface area (Å²) in [6.07, 6.45) is 5.76. The van der Waals surface area contributed by atoms with Crippen molar-refractivity contribution in [3.05, 3.63) is 100 Å². The van der Waals surface area contributed by atoms with Gasteiger partial charge in [-0.2, -0.15) is 0 Å². The standard InChI is InChI=1S/C32H33ClN2O8.C3H7NO3/c1-21-12-24(16-35-27(18-37)32(38)39)30(43-19-22-4-2-6-25(33)13-22)15-29(21)42-20-23(17-36)5-3-9-34-26-7-8-28-31(14-26)41-11-10-40-28;4-2(1-5)3(6)7/h2-9,12-15,17,27,34-35,37H,10-11,16,18-20H2,1H3,(H,38,39);2,5H,1,4H2,(H,6,7)/b9-3-,23-5+;/t27-;2-/m11/s1. The van der Waals surface area contributed by atoms with Crippen molar-refractivity contribution in [1.82, 2.24) is 5.32 Å². The zero-order valence-electron chi connectivity index (χ0n) is 27.2. The second-order valence-corrected chi connectivity index (χ2v) is 11.2. The molecule has 50 heavy (non-hydrogen) atoms. The number of allylic oxidation sites excluding steroid dienone is 2. The molecule has 0 aliphatic carbocycles. The van der Waals surface area contributed by atoms with Crippen LogP contribution in [0, 0.1) is 6.92 Å². The number of aliphatic hydroxyl groups excluding tert-OH is 2. The first-order chi connectivity index (χ1) is 24.0. The number of fused-ring (bicyclic) bond motifs is 1. The van der Waals surface area contributed by atoms with E-state index >= 15 is 0 Å². The second kappa shape index (κ2) is 20.4. The van der Waals surface area contributed by atoms with Gasteiger partial charge in [0.2, 0.25) is 0 Å². The topological polar surface area (TPSA) is 219 Å². The first-order valence-corrected chi connectivity index (χ1v) is 15.7. The number of carboxylic acids is 2. The van der Waals surface area contributed by atoms with Crippen molar-refractivity contribution in [3.63, 3.8) is 0 Å². The first kappa shape index (κ1) is 39.3. The number of rotatable bonds is 17. The van der Waals surface area contributed by atoms with Gasteiger partial charge in [0.25, 0.3) is 0 Å². The highest BCUT2D eigenvalue weighted by atomic mass is 35.5. The van der Waals surface area contributed by atoms with Crippen molar-refractivity contribution < 1.29 is 53.8 Å². The van der Waals surface area contributed by atoms with E-state index in [9.17, 15) is 24.6 Å². The molecule has 1 aliphatic rings. The highest BCUT2D eigenvalue weighted by Gasteiger charge is 2.18. The van der Waals surface area contributed by atoms with Crippen LogP contribution in [0.25, 0.3) is 0 Å². The lowest BCUT2D eigenvalue weighted by atomic mass is 10.1. The second-order valence-electron chi connectivity index (χ2n) is 10.7. The lowest BCUT2D eigenvalue weighted by molar-refractivity contribution is -0.141. The molecule has 1 aliphatic heterocycles. The number of hydrogen-bond donors (Lipinski definition) is 7. The summed E-state index contributed by atoms with van der Waals surface area (Å²) in [4.78, 5) is 32.7. The number of benzene rings is 3. The maximum atomic E-state index is 11.7. The molecule has 4 rings (SSSR count). The number of aliphatic hydroxyl groups is 2. The van der Waals surface area contributed by atoms with Crippen LogP contribution in [0.3, 0.4) is 0 Å². The van der Waals surface area contributed by atoms with Gasteiger partial charge in [-0.1, -0.05) is 29.8 Å². The summed E-state index contributed by atoms with van der Waals surface area (Å²) in [6.45, 7) is 2.14. The molecule has 0 aromatic heterocycles. The van der Waals surface area contributed by atoms with E-state index < -0.39 is 37.2 Å². The number of anilines is 1. The maximum Gasteiger partial charge on any atom is 0.323 e. The van der Waals surface area contributed by atoms with Crippen LogP contribution in [0.15, 0.2) is 78.5 Å². The molecule has 1 heterocycles. The summed E-state index contributed by atoms with van der Waals surface area (Å²) in [5, 5.41) is 41.1. The van der Waals surface area contributed by atoms with Crippen molar-refractivity contribution >= 4 is 35.5 Å². The Hall–Kier alpha value is -5.12. The molecule has 0 fully saturated rings. The number of carboxylic acid groups (broad SMARTS) is 2. The molecular weight excluding hydrogens is 674 g/mol. The predicted molar refractivity (Wildman–Crippen MR) is 185 cm³/mol. The lowest BCUT2D eigenvalue weighted by Crippen LogP contribution is -2.39. The third-order valence-electron chi connectivity index (χ3n) is 6.92. The molecule has 268 valence electrons. The Labute approximate surface area is 293 Å². The van der Waals surface area contributed by atoms with Crippen LogP contribution < -0.4 is 35.3 Å². The van der Waals surface area contributed by atoms with E-state index in [0.29, 0.717) is 52.4 Å². The summed E-state index contributed by atoms with van der Waals surface area (Å²) in [7, 11) is 0. The molecule has 2 atom stereocenters. The molecule has 0 bridgehead atoms. The highest BCUT2D eigenvalue weighted by Crippen LogP contribution is 2.33. The minimum absolute atomic E-state index is 0.00956. The number of aldehydes is 1. The predicted octanol–water partition coefficient (Wildman–Crippen LogP) is 3.05. The Kier molecular flexibility index (Phi) is 16.0. The van der Waals surface area contributed by atoms with Crippen LogP contribution >= 0.6 is 11.6 Å². The van der Waals surface area contributed by atoms with Gasteiger partial charge in [-0.05, 0) is 54.5 Å². The zero-order valence-corrected chi connectivity index (χ0v) is 28.0. The summed E-state index contributed by atoms with van der Waals surface area (Å²) >= 11 is 6.10. The zero-order chi connectivity index (χ0) is 36.5. The van der Waals surface area contributed by atoms with Gasteiger partial charge in [-0.25, -0.2) is 0 Å². The van der Waals surface area contributed by atoms with Gasteiger partial charge in [0, 0.05) is 46.7 Å². The molecule has 3 aromatic carbocycles. The largest absolute Gasteiger partial charge is 0.488 e. The Morgan fingerprint density at radius 2 is 1.74 bits per heavy atom. The van der Waals surface area contributed by atoms with Crippen molar-refractivity contribution in [1.29, 1.82) is 0 Å². The van der Waals surface area contributed by atoms with E-state index in [4.69, 9.17) is 46.5 Å². The van der Waals surface area contributed by atoms with E-state index in [-0.39, 0.29) is 19.8 Å². The van der Waals surface area contributed by atoms with Crippen LogP contribution in [0.1, 0.15) is 16.7 Å². The third kappa shape index (κ3) is 12.7. The van der Waals surface area contributed by atoms with E-state index in [1.165, 1.54) is 0 Å². The molecule has 0 saturated carbocycles. The SMILES string of the molecule is Cc1cc(CN[C@H](CO)C(=O)O)c(OCc2cccc(Cl)c2)cc1OC/C(C=O)=C/C=C\Nc1ccc2c(c1)OCCO2.N[C@H](CO)C(=O)O. The average Bonchev–Trinajstić information content (AvgIpc) is 3.11. The van der Waals surface area contributed by atoms with Crippen LogP contribution in [-0.2, 0) is 27.5 Å². The number of hydrogen-bond acceptors (Lipinski definition) is 12. The van der Waals surface area contributed by atoms with Gasteiger partial charge in [0.1, 0.15) is 56.3 Å². The Bertz CT molecular complexity index is 1660. The van der Waals surface area contributed by atoms with Gasteiger partial charge >= 0.3 is 11.9 Å². The fourth-order valence-electron chi connectivity index (χ4n) is 4.22. The van der Waals surface area contributed by atoms with E-state index in [0.717, 1.165) is 23.1 Å². The van der Waals surface area contributed by atoms with Crippen LogP contribution in [0.5, 0.6) is 23.0 Å². The Morgan fingerprint density at radius 3 is 2.38 bits per heavy atom. The molecular formula is C35H40ClN3O11. The summed E-state index contributed by atoms with van der Waals surface area (Å²) in [5.41, 5.74) is 8.24. The molecule has 14 nitrogen and oxygen atoms in total. The summed E-state index contributed by atoms with van der Waals surface area (Å²) in [5.74, 6) is -0.0197. The number of carbonyl (C=O) groups is 3. The molecule has 0 radical (unpaired) electrons. The first-order valence-electron chi connectivity index (χ1n) is 15.3. The van der Waals surface area contributed by atoms with Gasteiger partial charge in [0.05, 0.1) is 13.2 Å². The molecule has 0 unspecified atom stereocenters. The smallest absolute Gasteiger partial charge is 0.323 e. The number of ether oxygens (including phenoxy) is 4. The van der Waals surface area contributed by atoms with E-state index in [1.807, 2.05) is 43.3 Å².